The van der Waals surface area contributed by atoms with Gasteiger partial charge in [0.25, 0.3) is 0 Å². The Morgan fingerprint density at radius 3 is 1.40 bits per heavy atom. The molecule has 0 N–H and O–H groups in total. The molecule has 2 atom stereocenters. The van der Waals surface area contributed by atoms with Crippen LogP contribution in [0.4, 0.5) is 0 Å². The van der Waals surface area contributed by atoms with E-state index in [0.29, 0.717) is 7.25 Å². The van der Waals surface area contributed by atoms with Crippen molar-refractivity contribution >= 4 is 43.8 Å². The molecule has 4 rings (SSSR count). The zero-order valence-electron chi connectivity index (χ0n) is 19.2. The standard InChI is InChI=1S/2C11H11.2C2H5.2ClH.H2Si.Zr/c2*1-8-6-10-5-3-4-9(2)11(10)7-8;2*1-2;;;;/h2*3-7H,1-2H3;2*1H2,2H3;2*1H;1H2;. The van der Waals surface area contributed by atoms with Crippen molar-refractivity contribution in [3.05, 3.63) is 80.9 Å². The minimum atomic E-state index is -3.34. The van der Waals surface area contributed by atoms with E-state index in [4.69, 9.17) is 0 Å². The van der Waals surface area contributed by atoms with Crippen molar-refractivity contribution < 1.29 is 17.4 Å². The van der Waals surface area contributed by atoms with E-state index in [0.717, 1.165) is 0 Å². The van der Waals surface area contributed by atoms with Gasteiger partial charge in [-0.25, -0.2) is 0 Å². The molecule has 2 unspecified atom stereocenters. The van der Waals surface area contributed by atoms with Crippen LogP contribution in [0.25, 0.3) is 12.2 Å². The first-order chi connectivity index (χ1) is 13.3. The zero-order valence-corrected chi connectivity index (χ0v) is 24.7. The monoisotopic (exact) mass is 536 g/mol. The average molecular weight is 539 g/mol. The summed E-state index contributed by atoms with van der Waals surface area (Å²) in [5.41, 5.74) is 12.4. The quantitative estimate of drug-likeness (QED) is 0.347. The summed E-state index contributed by atoms with van der Waals surface area (Å²) in [5.74, 6) is 0. The Kier molecular flexibility index (Phi) is 7.63. The molecule has 0 spiro atoms. The maximum absolute atomic E-state index is 3.34. The molecule has 2 aromatic carbocycles. The molecule has 0 fully saturated rings. The van der Waals surface area contributed by atoms with Gasteiger partial charge in [0.1, 0.15) is 0 Å². The van der Waals surface area contributed by atoms with Crippen LogP contribution in [0.1, 0.15) is 68.3 Å². The van der Waals surface area contributed by atoms with Crippen molar-refractivity contribution in [2.24, 2.45) is 0 Å². The maximum atomic E-state index is 2.52. The molecule has 0 saturated carbocycles. The maximum Gasteiger partial charge on any atom is -0.147 e. The normalized spacial score (nSPS) is 19.8. The number of allylic oxidation sites excluding steroid dienone is 2. The van der Waals surface area contributed by atoms with Gasteiger partial charge in [-0.15, -0.1) is 24.8 Å². The van der Waals surface area contributed by atoms with Crippen molar-refractivity contribution in [2.45, 2.75) is 57.1 Å². The summed E-state index contributed by atoms with van der Waals surface area (Å²) in [6.07, 6.45) is 5.04. The number of fused-ring (bicyclic) bond motifs is 2. The summed E-state index contributed by atoms with van der Waals surface area (Å²) in [5, 5.41) is 0. The summed E-state index contributed by atoms with van der Waals surface area (Å²) in [4.78, 5) is 0. The largest absolute Gasteiger partial charge is 0.147 e. The molecule has 0 aromatic heterocycles. The number of aryl methyl sites for hydroxylation is 2. The Balaban J connectivity index is 0.00000160. The second kappa shape index (κ2) is 8.86. The fourth-order valence-electron chi connectivity index (χ4n) is 6.72. The zero-order chi connectivity index (χ0) is 20.3. The molecule has 0 heterocycles. The van der Waals surface area contributed by atoms with Crippen LogP contribution < -0.4 is 0 Å². The van der Waals surface area contributed by atoms with Gasteiger partial charge in [0.05, 0.1) is 0 Å². The van der Waals surface area contributed by atoms with Crippen molar-refractivity contribution in [1.82, 2.24) is 0 Å². The van der Waals surface area contributed by atoms with Gasteiger partial charge < -0.3 is 0 Å². The molecular weight excluding hydrogens is 503 g/mol. The summed E-state index contributed by atoms with van der Waals surface area (Å²) in [6, 6.07) is 14.0. The molecule has 0 saturated heterocycles. The molecule has 0 amide bonds. The van der Waals surface area contributed by atoms with Gasteiger partial charge in [0.15, 0.2) is 0 Å². The number of benzene rings is 2. The first-order valence-corrected chi connectivity index (χ1v) is 23.1. The van der Waals surface area contributed by atoms with Gasteiger partial charge in [0.2, 0.25) is 0 Å². The van der Waals surface area contributed by atoms with Crippen LogP contribution in [0.5, 0.6) is 0 Å². The van der Waals surface area contributed by atoms with Gasteiger partial charge in [-0.3, -0.25) is 0 Å². The molecule has 4 heteroatoms. The fraction of sp³-hybridized carbons (Fsp3) is 0.385. The molecule has 0 nitrogen and oxygen atoms in total. The Labute approximate surface area is 197 Å². The number of hydrogen-bond donors (Lipinski definition) is 0. The van der Waals surface area contributed by atoms with E-state index >= 15 is 0 Å². The van der Waals surface area contributed by atoms with Crippen molar-refractivity contribution in [2.75, 3.05) is 0 Å². The van der Waals surface area contributed by atoms with Crippen LogP contribution in [-0.4, -0.2) is 6.88 Å². The molecule has 0 radical (unpaired) electrons. The minimum Gasteiger partial charge on any atom is -0.147 e. The van der Waals surface area contributed by atoms with Crippen molar-refractivity contribution in [3.63, 3.8) is 0 Å². The average Bonchev–Trinajstić information content (AvgIpc) is 3.21. The van der Waals surface area contributed by atoms with Crippen LogP contribution in [-0.2, 0) is 17.4 Å². The van der Waals surface area contributed by atoms with E-state index in [2.05, 4.69) is 97.0 Å². The van der Waals surface area contributed by atoms with Gasteiger partial charge in [-0.05, 0) is 0 Å². The van der Waals surface area contributed by atoms with Crippen LogP contribution in [0.15, 0.2) is 47.5 Å². The molecule has 2 aromatic rings. The number of hydrogen-bond acceptors (Lipinski definition) is 0. The minimum absolute atomic E-state index is 0. The Morgan fingerprint density at radius 1 is 0.700 bits per heavy atom. The van der Waals surface area contributed by atoms with E-state index < -0.39 is 17.4 Å². The van der Waals surface area contributed by atoms with Crippen molar-refractivity contribution in [1.29, 1.82) is 0 Å². The molecule has 2 aliphatic rings. The summed E-state index contributed by atoms with van der Waals surface area (Å²) < 4.78 is 4.10. The summed E-state index contributed by atoms with van der Waals surface area (Å²) in [6.45, 7) is 17.0. The molecule has 2 aliphatic carbocycles. The Bertz CT molecular complexity index is 1020. The fourth-order valence-corrected chi connectivity index (χ4v) is 31.0. The summed E-state index contributed by atoms with van der Waals surface area (Å²) >= 11 is -3.34. The number of rotatable bonds is 4. The van der Waals surface area contributed by atoms with Gasteiger partial charge in [0, 0.05) is 0 Å². The van der Waals surface area contributed by atoms with E-state index in [9.17, 15) is 0 Å². The Hall–Kier alpha value is -0.400. The third-order valence-corrected chi connectivity index (χ3v) is 39.5. The topological polar surface area (TPSA) is 0 Å². The third kappa shape index (κ3) is 3.42. The molecule has 0 aliphatic heterocycles. The predicted molar refractivity (Wildman–Crippen MR) is 139 cm³/mol. The van der Waals surface area contributed by atoms with E-state index in [1.807, 2.05) is 0 Å². The first kappa shape index (κ1) is 25.9. The van der Waals surface area contributed by atoms with E-state index in [-0.39, 0.29) is 24.8 Å². The van der Waals surface area contributed by atoms with Gasteiger partial charge in [-0.2, -0.15) is 0 Å². The molecule has 0 bridgehead atoms. The van der Waals surface area contributed by atoms with E-state index in [1.165, 1.54) is 30.5 Å². The SMILES string of the molecule is C[CH2][Zr](=[SiH2])([CH2]C)([CH]1C(C)=Cc2c(C)cccc21)[CH]1C(C)=Cc2c(C)cccc21.Cl.Cl. The van der Waals surface area contributed by atoms with Crippen molar-refractivity contribution in [3.8, 4) is 0 Å². The second-order valence-electron chi connectivity index (χ2n) is 9.65. The van der Waals surface area contributed by atoms with Crippen LogP contribution in [0.3, 0.4) is 0 Å². The Morgan fingerprint density at radius 2 is 1.07 bits per heavy atom. The van der Waals surface area contributed by atoms with Gasteiger partial charge in [-0.1, -0.05) is 0 Å². The second-order valence-corrected chi connectivity index (χ2v) is 37.2. The molecule has 162 valence electrons. The summed E-state index contributed by atoms with van der Waals surface area (Å²) in [7, 11) is 0. The smallest absolute Gasteiger partial charge is 0.147 e. The van der Waals surface area contributed by atoms with Crippen LogP contribution in [0.2, 0.25) is 8.26 Å². The van der Waals surface area contributed by atoms with Gasteiger partial charge >= 0.3 is 174 Å². The van der Waals surface area contributed by atoms with E-state index in [1.54, 1.807) is 22.3 Å². The first-order valence-electron chi connectivity index (χ1n) is 10.8. The number of halogens is 2. The van der Waals surface area contributed by atoms with Crippen LogP contribution in [0, 0.1) is 13.8 Å². The molecule has 30 heavy (non-hydrogen) atoms. The predicted octanol–water partition coefficient (Wildman–Crippen LogP) is 7.88. The third-order valence-electron chi connectivity index (χ3n) is 8.37. The van der Waals surface area contributed by atoms with Crippen LogP contribution >= 0.6 is 24.8 Å². The molecular formula is C26H36Cl2SiZr.